The highest BCUT2D eigenvalue weighted by atomic mass is 32.2. The van der Waals surface area contributed by atoms with Crippen molar-refractivity contribution in [3.63, 3.8) is 0 Å². The molecule has 6 nitrogen and oxygen atoms in total. The molecule has 1 amide bonds. The molecule has 27 heavy (non-hydrogen) atoms. The first kappa shape index (κ1) is 19.7. The normalized spacial score (nSPS) is 14.9. The molecule has 1 fully saturated rings. The van der Waals surface area contributed by atoms with Gasteiger partial charge in [0.2, 0.25) is 5.91 Å². The van der Waals surface area contributed by atoms with Gasteiger partial charge in [-0.05, 0) is 37.5 Å². The number of hydrogen-bond acceptors (Lipinski definition) is 5. The number of rotatable bonds is 7. The first-order valence-electron chi connectivity index (χ1n) is 9.62. The summed E-state index contributed by atoms with van der Waals surface area (Å²) in [6.45, 7) is 2.55. The second-order valence-corrected chi connectivity index (χ2v) is 8.26. The number of thioether (sulfide) groups is 1. The van der Waals surface area contributed by atoms with Gasteiger partial charge < -0.3 is 14.8 Å². The average Bonchev–Trinajstić information content (AvgIpc) is 3.06. The zero-order valence-electron chi connectivity index (χ0n) is 16.4. The minimum absolute atomic E-state index is 0.0209. The second kappa shape index (κ2) is 9.26. The predicted octanol–water partition coefficient (Wildman–Crippen LogP) is 3.57. The third-order valence-electron chi connectivity index (χ3n) is 5.05. The molecule has 0 unspecified atom stereocenters. The fraction of sp³-hybridized carbons (Fsp3) is 0.550. The first-order valence-corrected chi connectivity index (χ1v) is 10.6. The van der Waals surface area contributed by atoms with Crippen molar-refractivity contribution in [1.82, 2.24) is 20.1 Å². The minimum atomic E-state index is 0.0209. The van der Waals surface area contributed by atoms with E-state index in [1.54, 1.807) is 0 Å². The van der Waals surface area contributed by atoms with E-state index >= 15 is 0 Å². The fourth-order valence-electron chi connectivity index (χ4n) is 3.50. The van der Waals surface area contributed by atoms with E-state index in [1.165, 1.54) is 43.9 Å². The van der Waals surface area contributed by atoms with Gasteiger partial charge in [-0.2, -0.15) is 0 Å². The summed E-state index contributed by atoms with van der Waals surface area (Å²) in [5.74, 6) is 1.33. The van der Waals surface area contributed by atoms with Gasteiger partial charge in [0.05, 0.1) is 5.75 Å². The number of benzene rings is 1. The van der Waals surface area contributed by atoms with Gasteiger partial charge in [0.25, 0.3) is 0 Å². The van der Waals surface area contributed by atoms with E-state index in [4.69, 9.17) is 0 Å². The highest BCUT2D eigenvalue weighted by Crippen LogP contribution is 2.32. The van der Waals surface area contributed by atoms with Crippen LogP contribution in [-0.4, -0.2) is 40.5 Å². The third-order valence-corrected chi connectivity index (χ3v) is 5.99. The van der Waals surface area contributed by atoms with E-state index in [0.29, 0.717) is 18.3 Å². The molecule has 0 radical (unpaired) electrons. The maximum Gasteiger partial charge on any atom is 0.230 e. The molecule has 0 aliphatic heterocycles. The Labute approximate surface area is 165 Å². The van der Waals surface area contributed by atoms with Gasteiger partial charge in [0.1, 0.15) is 5.82 Å². The number of aromatic nitrogens is 3. The van der Waals surface area contributed by atoms with Crippen molar-refractivity contribution in [2.24, 2.45) is 0 Å². The summed E-state index contributed by atoms with van der Waals surface area (Å²) in [5, 5.41) is 12.4. The van der Waals surface area contributed by atoms with Crippen molar-refractivity contribution in [1.29, 1.82) is 0 Å². The number of anilines is 1. The Hall–Kier alpha value is -2.02. The van der Waals surface area contributed by atoms with Crippen molar-refractivity contribution in [3.8, 4) is 0 Å². The molecule has 0 bridgehead atoms. The maximum absolute atomic E-state index is 12.3. The Morgan fingerprint density at radius 3 is 2.56 bits per heavy atom. The van der Waals surface area contributed by atoms with E-state index < -0.39 is 0 Å². The molecule has 1 saturated carbocycles. The lowest BCUT2D eigenvalue weighted by Gasteiger charge is -2.24. The van der Waals surface area contributed by atoms with Gasteiger partial charge in [-0.1, -0.05) is 43.2 Å². The summed E-state index contributed by atoms with van der Waals surface area (Å²) in [4.78, 5) is 14.3. The monoisotopic (exact) mass is 387 g/mol. The molecule has 7 heteroatoms. The van der Waals surface area contributed by atoms with Gasteiger partial charge in [-0.3, -0.25) is 4.79 Å². The summed E-state index contributed by atoms with van der Waals surface area (Å²) in [6, 6.07) is 8.70. The van der Waals surface area contributed by atoms with Crippen molar-refractivity contribution >= 4 is 23.4 Å². The molecular formula is C20H29N5OS. The number of carbonyl (C=O) groups is 1. The molecule has 1 aliphatic rings. The van der Waals surface area contributed by atoms with E-state index in [0.717, 1.165) is 22.2 Å². The number of nitrogens with zero attached hydrogens (tertiary/aromatic N) is 4. The summed E-state index contributed by atoms with van der Waals surface area (Å²) in [5.41, 5.74) is 2.25. The van der Waals surface area contributed by atoms with Crippen LogP contribution < -0.4 is 10.2 Å². The Kier molecular flexibility index (Phi) is 6.77. The molecular weight excluding hydrogens is 358 g/mol. The summed E-state index contributed by atoms with van der Waals surface area (Å²) in [6.07, 6.45) is 6.21. The zero-order chi connectivity index (χ0) is 19.2. The van der Waals surface area contributed by atoms with Crippen LogP contribution in [0.4, 0.5) is 5.69 Å². The molecule has 146 valence electrons. The molecule has 0 saturated heterocycles. The number of aryl methyl sites for hydroxylation is 1. The van der Waals surface area contributed by atoms with E-state index in [-0.39, 0.29) is 5.91 Å². The molecule has 1 N–H and O–H groups in total. The van der Waals surface area contributed by atoms with Crippen molar-refractivity contribution in [2.45, 2.75) is 56.8 Å². The highest BCUT2D eigenvalue weighted by molar-refractivity contribution is 7.99. The van der Waals surface area contributed by atoms with Gasteiger partial charge in [-0.25, -0.2) is 0 Å². The maximum atomic E-state index is 12.3. The Morgan fingerprint density at radius 2 is 1.89 bits per heavy atom. The highest BCUT2D eigenvalue weighted by Gasteiger charge is 2.21. The van der Waals surface area contributed by atoms with Gasteiger partial charge in [0, 0.05) is 32.4 Å². The zero-order valence-corrected chi connectivity index (χ0v) is 17.3. The molecule has 1 aromatic carbocycles. The van der Waals surface area contributed by atoms with Crippen LogP contribution in [0.3, 0.4) is 0 Å². The van der Waals surface area contributed by atoms with E-state index in [9.17, 15) is 4.79 Å². The minimum Gasteiger partial charge on any atom is -0.378 e. The molecule has 0 atom stereocenters. The van der Waals surface area contributed by atoms with Crippen molar-refractivity contribution < 1.29 is 4.79 Å². The Bertz CT molecular complexity index is 750. The van der Waals surface area contributed by atoms with Crippen LogP contribution >= 0.6 is 11.8 Å². The van der Waals surface area contributed by atoms with Gasteiger partial charge in [0.15, 0.2) is 5.16 Å². The standard InChI is InChI=1S/C20H29N5OS/c1-15-22-23-20(25(15)18-7-5-4-6-8-18)27-14-19(26)21-13-16-9-11-17(12-10-16)24(2)3/h9-12,18H,4-8,13-14H2,1-3H3,(H,21,26). The lowest BCUT2D eigenvalue weighted by Crippen LogP contribution is -2.25. The third kappa shape index (κ3) is 5.25. The SMILES string of the molecule is Cc1nnc(SCC(=O)NCc2ccc(N(C)C)cc2)n1C1CCCCC1. The molecule has 1 aromatic heterocycles. The summed E-state index contributed by atoms with van der Waals surface area (Å²) in [7, 11) is 4.03. The first-order chi connectivity index (χ1) is 13.0. The predicted molar refractivity (Wildman–Crippen MR) is 110 cm³/mol. The molecule has 2 aromatic rings. The number of hydrogen-bond donors (Lipinski definition) is 1. The van der Waals surface area contributed by atoms with E-state index in [1.807, 2.05) is 33.2 Å². The topological polar surface area (TPSA) is 63.1 Å². The second-order valence-electron chi connectivity index (χ2n) is 7.32. The summed E-state index contributed by atoms with van der Waals surface area (Å²) < 4.78 is 2.23. The lowest BCUT2D eigenvalue weighted by atomic mass is 9.95. The van der Waals surface area contributed by atoms with Crippen LogP contribution in [0.5, 0.6) is 0 Å². The smallest absolute Gasteiger partial charge is 0.230 e. The van der Waals surface area contributed by atoms with Gasteiger partial charge in [-0.15, -0.1) is 10.2 Å². The van der Waals surface area contributed by atoms with Crippen molar-refractivity contribution in [2.75, 3.05) is 24.7 Å². The molecule has 0 spiro atoms. The lowest BCUT2D eigenvalue weighted by molar-refractivity contribution is -0.118. The van der Waals surface area contributed by atoms with Crippen LogP contribution in [0.25, 0.3) is 0 Å². The number of nitrogens with one attached hydrogen (secondary N) is 1. The summed E-state index contributed by atoms with van der Waals surface area (Å²) >= 11 is 1.48. The molecule has 3 rings (SSSR count). The van der Waals surface area contributed by atoms with Crippen LogP contribution in [0.2, 0.25) is 0 Å². The fourth-order valence-corrected chi connectivity index (χ4v) is 4.38. The van der Waals surface area contributed by atoms with Gasteiger partial charge >= 0.3 is 0 Å². The average molecular weight is 388 g/mol. The van der Waals surface area contributed by atoms with Crippen LogP contribution in [0, 0.1) is 6.92 Å². The Morgan fingerprint density at radius 1 is 1.19 bits per heavy atom. The van der Waals surface area contributed by atoms with Crippen LogP contribution in [-0.2, 0) is 11.3 Å². The van der Waals surface area contributed by atoms with Crippen molar-refractivity contribution in [3.05, 3.63) is 35.7 Å². The van der Waals surface area contributed by atoms with Crippen LogP contribution in [0.15, 0.2) is 29.4 Å². The number of carbonyl (C=O) groups excluding carboxylic acids is 1. The number of amides is 1. The van der Waals surface area contributed by atoms with E-state index in [2.05, 4.69) is 37.1 Å². The molecule has 1 heterocycles. The largest absolute Gasteiger partial charge is 0.378 e. The molecule has 1 aliphatic carbocycles. The van der Waals surface area contributed by atoms with Crippen LogP contribution in [0.1, 0.15) is 49.5 Å². The Balaban J connectivity index is 1.50. The quantitative estimate of drug-likeness (QED) is 0.736.